The monoisotopic (exact) mass is 331 g/mol. The normalized spacial score (nSPS) is 18.1. The van der Waals surface area contributed by atoms with Crippen LogP contribution in [0.3, 0.4) is 0 Å². The summed E-state index contributed by atoms with van der Waals surface area (Å²) in [5.41, 5.74) is 0. The minimum atomic E-state index is -0.320. The van der Waals surface area contributed by atoms with Crippen LogP contribution in [0.15, 0.2) is 0 Å². The molecule has 8 heteroatoms. The van der Waals surface area contributed by atoms with Crippen molar-refractivity contribution in [2.24, 2.45) is 0 Å². The van der Waals surface area contributed by atoms with Crippen molar-refractivity contribution in [2.45, 2.75) is 31.4 Å². The van der Waals surface area contributed by atoms with Crippen LogP contribution in [-0.2, 0) is 14.4 Å². The van der Waals surface area contributed by atoms with Crippen molar-refractivity contribution < 1.29 is 19.5 Å². The van der Waals surface area contributed by atoms with Crippen molar-refractivity contribution in [3.05, 3.63) is 0 Å². The molecular formula is C14H25N3O4S. The van der Waals surface area contributed by atoms with Gasteiger partial charge in [-0.15, -0.1) is 11.8 Å². The molecule has 1 aliphatic heterocycles. The molecule has 0 spiro atoms. The maximum absolute atomic E-state index is 12.2. The second kappa shape index (κ2) is 10.6. The molecule has 1 unspecified atom stereocenters. The summed E-state index contributed by atoms with van der Waals surface area (Å²) in [5, 5.41) is 14.0. The Hall–Kier alpha value is -1.12. The number of rotatable bonds is 11. The molecule has 126 valence electrons. The Morgan fingerprint density at radius 1 is 1.41 bits per heavy atom. The average Bonchev–Trinajstić information content (AvgIpc) is 2.75. The Morgan fingerprint density at radius 3 is 2.86 bits per heavy atom. The number of aliphatic hydroxyl groups is 1. The van der Waals surface area contributed by atoms with Crippen molar-refractivity contribution in [2.75, 3.05) is 38.5 Å². The summed E-state index contributed by atoms with van der Waals surface area (Å²) in [6.07, 6.45) is 1.26. The topological polar surface area (TPSA) is 98.7 Å². The van der Waals surface area contributed by atoms with Crippen LogP contribution in [0.5, 0.6) is 0 Å². The zero-order valence-corrected chi connectivity index (χ0v) is 13.8. The lowest BCUT2D eigenvalue weighted by molar-refractivity contribution is -0.138. The van der Waals surface area contributed by atoms with Crippen LogP contribution in [0, 0.1) is 0 Å². The summed E-state index contributed by atoms with van der Waals surface area (Å²) in [6, 6.07) is 0. The van der Waals surface area contributed by atoms with E-state index >= 15 is 0 Å². The molecule has 0 radical (unpaired) electrons. The van der Waals surface area contributed by atoms with Gasteiger partial charge in [-0.05, 0) is 25.6 Å². The maximum Gasteiger partial charge on any atom is 0.242 e. The molecule has 1 atom stereocenters. The van der Waals surface area contributed by atoms with Crippen molar-refractivity contribution in [1.29, 1.82) is 0 Å². The molecule has 7 nitrogen and oxygen atoms in total. The van der Waals surface area contributed by atoms with Crippen molar-refractivity contribution in [1.82, 2.24) is 15.5 Å². The highest BCUT2D eigenvalue weighted by molar-refractivity contribution is 8.00. The highest BCUT2D eigenvalue weighted by Gasteiger charge is 2.38. The first-order valence-corrected chi connectivity index (χ1v) is 8.69. The van der Waals surface area contributed by atoms with Gasteiger partial charge in [0.15, 0.2) is 0 Å². The van der Waals surface area contributed by atoms with Gasteiger partial charge in [-0.1, -0.05) is 0 Å². The largest absolute Gasteiger partial charge is 0.395 e. The van der Waals surface area contributed by atoms with Crippen LogP contribution in [0.2, 0.25) is 0 Å². The van der Waals surface area contributed by atoms with Crippen LogP contribution in [-0.4, -0.2) is 71.5 Å². The van der Waals surface area contributed by atoms with Gasteiger partial charge < -0.3 is 15.7 Å². The van der Waals surface area contributed by atoms with Crippen molar-refractivity contribution in [3.63, 3.8) is 0 Å². The molecule has 0 aromatic carbocycles. The van der Waals surface area contributed by atoms with E-state index in [4.69, 9.17) is 5.11 Å². The number of nitrogens with one attached hydrogen (secondary N) is 2. The van der Waals surface area contributed by atoms with E-state index < -0.39 is 0 Å². The van der Waals surface area contributed by atoms with Gasteiger partial charge in [-0.2, -0.15) is 0 Å². The molecule has 1 saturated heterocycles. The molecule has 1 fully saturated rings. The second-order valence-electron chi connectivity index (χ2n) is 4.98. The molecule has 0 aromatic rings. The smallest absolute Gasteiger partial charge is 0.242 e. The van der Waals surface area contributed by atoms with E-state index in [-0.39, 0.29) is 49.0 Å². The van der Waals surface area contributed by atoms with E-state index in [9.17, 15) is 14.4 Å². The zero-order valence-electron chi connectivity index (χ0n) is 13.0. The van der Waals surface area contributed by atoms with Gasteiger partial charge >= 0.3 is 0 Å². The summed E-state index contributed by atoms with van der Waals surface area (Å²) < 4.78 is 0. The summed E-state index contributed by atoms with van der Waals surface area (Å²) in [6.45, 7) is 4.00. The molecule has 3 amide bonds. The summed E-state index contributed by atoms with van der Waals surface area (Å²) in [7, 11) is 0. The SMILES string of the molecule is CCNC(=O)CCN1C(=O)CC(SCCCNCCO)C1=O. The van der Waals surface area contributed by atoms with Gasteiger partial charge in [0.05, 0.1) is 11.9 Å². The lowest BCUT2D eigenvalue weighted by atomic mass is 10.3. The predicted molar refractivity (Wildman–Crippen MR) is 85.5 cm³/mol. The van der Waals surface area contributed by atoms with Gasteiger partial charge in [0.2, 0.25) is 17.7 Å². The van der Waals surface area contributed by atoms with Crippen LogP contribution < -0.4 is 10.6 Å². The first kappa shape index (κ1) is 18.9. The molecule has 1 aliphatic rings. The van der Waals surface area contributed by atoms with Gasteiger partial charge in [0, 0.05) is 32.5 Å². The third kappa shape index (κ3) is 6.33. The fourth-order valence-electron chi connectivity index (χ4n) is 2.14. The van der Waals surface area contributed by atoms with E-state index in [1.54, 1.807) is 0 Å². The number of carbonyl (C=O) groups excluding carboxylic acids is 3. The molecule has 0 aromatic heterocycles. The molecule has 3 N–H and O–H groups in total. The molecule has 0 saturated carbocycles. The number of hydrogen-bond donors (Lipinski definition) is 3. The minimum Gasteiger partial charge on any atom is -0.395 e. The number of carbonyl (C=O) groups is 3. The quantitative estimate of drug-likeness (QED) is 0.344. The van der Waals surface area contributed by atoms with Crippen molar-refractivity contribution >= 4 is 29.5 Å². The van der Waals surface area contributed by atoms with Crippen LogP contribution >= 0.6 is 11.8 Å². The minimum absolute atomic E-state index is 0.114. The van der Waals surface area contributed by atoms with Gasteiger partial charge in [0.25, 0.3) is 0 Å². The number of aliphatic hydroxyl groups excluding tert-OH is 1. The molecule has 1 heterocycles. The highest BCUT2D eigenvalue weighted by atomic mass is 32.2. The van der Waals surface area contributed by atoms with Crippen molar-refractivity contribution in [3.8, 4) is 0 Å². The number of thioether (sulfide) groups is 1. The summed E-state index contributed by atoms with van der Waals surface area (Å²) in [4.78, 5) is 36.6. The Balaban J connectivity index is 2.27. The highest BCUT2D eigenvalue weighted by Crippen LogP contribution is 2.25. The third-order valence-corrected chi connectivity index (χ3v) is 4.54. The molecule has 0 bridgehead atoms. The van der Waals surface area contributed by atoms with Gasteiger partial charge in [0.1, 0.15) is 0 Å². The third-order valence-electron chi connectivity index (χ3n) is 3.24. The van der Waals surface area contributed by atoms with Gasteiger partial charge in [-0.3, -0.25) is 19.3 Å². The number of nitrogens with zero attached hydrogens (tertiary/aromatic N) is 1. The van der Waals surface area contributed by atoms with E-state index in [2.05, 4.69) is 10.6 Å². The molecule has 0 aliphatic carbocycles. The Kier molecular flexibility index (Phi) is 9.10. The lowest BCUT2D eigenvalue weighted by Crippen LogP contribution is -2.35. The lowest BCUT2D eigenvalue weighted by Gasteiger charge is -2.14. The number of amides is 3. The summed E-state index contributed by atoms with van der Waals surface area (Å²) in [5.74, 6) is 0.272. The fraction of sp³-hybridized carbons (Fsp3) is 0.786. The van der Waals surface area contributed by atoms with Gasteiger partial charge in [-0.25, -0.2) is 0 Å². The Bertz CT molecular complexity index is 392. The van der Waals surface area contributed by atoms with E-state index in [0.717, 1.165) is 18.7 Å². The van der Waals surface area contributed by atoms with E-state index in [0.29, 0.717) is 13.1 Å². The number of hydrogen-bond acceptors (Lipinski definition) is 6. The fourth-order valence-corrected chi connectivity index (χ4v) is 3.27. The van der Waals surface area contributed by atoms with Crippen LogP contribution in [0.25, 0.3) is 0 Å². The number of likely N-dealkylation sites (tertiary alicyclic amines) is 1. The Morgan fingerprint density at radius 2 is 2.18 bits per heavy atom. The van der Waals surface area contributed by atoms with Crippen LogP contribution in [0.4, 0.5) is 0 Å². The van der Waals surface area contributed by atoms with E-state index in [1.165, 1.54) is 16.7 Å². The number of imide groups is 1. The first-order chi connectivity index (χ1) is 10.6. The second-order valence-corrected chi connectivity index (χ2v) is 6.29. The molecule has 22 heavy (non-hydrogen) atoms. The molecule has 1 rings (SSSR count). The summed E-state index contributed by atoms with van der Waals surface area (Å²) >= 11 is 1.49. The Labute approximate surface area is 135 Å². The maximum atomic E-state index is 12.2. The van der Waals surface area contributed by atoms with Crippen LogP contribution in [0.1, 0.15) is 26.2 Å². The first-order valence-electron chi connectivity index (χ1n) is 7.64. The zero-order chi connectivity index (χ0) is 16.4. The predicted octanol–water partition coefficient (Wildman–Crippen LogP) is -0.655. The standard InChI is InChI=1S/C14H25N3O4S/c1-2-16-12(19)4-7-17-13(20)10-11(14(17)21)22-9-3-5-15-6-8-18/h11,15,18H,2-10H2,1H3,(H,16,19). The average molecular weight is 331 g/mol. The molecular weight excluding hydrogens is 306 g/mol. The van der Waals surface area contributed by atoms with E-state index in [1.807, 2.05) is 6.92 Å².